The van der Waals surface area contributed by atoms with E-state index in [2.05, 4.69) is 0 Å². The number of nitrogens with zero attached hydrogens (tertiary/aromatic N) is 3. The van der Waals surface area contributed by atoms with Crippen molar-refractivity contribution in [2.45, 2.75) is 51.6 Å². The molecule has 2 aromatic carbocycles. The van der Waals surface area contributed by atoms with Gasteiger partial charge in [-0.1, -0.05) is 24.3 Å². The van der Waals surface area contributed by atoms with Gasteiger partial charge in [0.2, 0.25) is 11.2 Å². The molecule has 0 atom stereocenters. The number of rotatable bonds is 11. The number of benzene rings is 2. The van der Waals surface area contributed by atoms with E-state index in [1.165, 1.54) is 67.6 Å². The van der Waals surface area contributed by atoms with Crippen LogP contribution in [0.5, 0.6) is 0 Å². The number of Topliss-reactive ketones (excluding diaryl/α,β-unsaturated/α-hetero) is 1. The molecule has 5 rings (SSSR count). The van der Waals surface area contributed by atoms with Gasteiger partial charge in [-0.2, -0.15) is 0 Å². The summed E-state index contributed by atoms with van der Waals surface area (Å²) in [5.74, 6) is -2.56. The Kier molecular flexibility index (Phi) is 14.6. The van der Waals surface area contributed by atoms with Crippen molar-refractivity contribution in [2.75, 3.05) is 41.4 Å². The van der Waals surface area contributed by atoms with Gasteiger partial charge < -0.3 is 29.6 Å². The first-order valence-electron chi connectivity index (χ1n) is 16.4. The van der Waals surface area contributed by atoms with E-state index in [1.54, 1.807) is 70.4 Å². The lowest BCUT2D eigenvalue weighted by Crippen LogP contribution is -2.21. The number of ether oxygens (including phenoxy) is 2. The maximum absolute atomic E-state index is 13.2. The molecule has 268 valence electrons. The van der Waals surface area contributed by atoms with Gasteiger partial charge in [-0.15, -0.1) is 0 Å². The van der Waals surface area contributed by atoms with E-state index in [9.17, 15) is 28.0 Å². The Labute approximate surface area is 291 Å². The fourth-order valence-electron chi connectivity index (χ4n) is 4.43. The van der Waals surface area contributed by atoms with Gasteiger partial charge in [-0.05, 0) is 74.9 Å². The smallest absolute Gasteiger partial charge is 0.343 e. The van der Waals surface area contributed by atoms with E-state index < -0.39 is 23.5 Å². The van der Waals surface area contributed by atoms with Crippen LogP contribution in [0.25, 0.3) is 16.7 Å². The van der Waals surface area contributed by atoms with Crippen molar-refractivity contribution in [1.82, 2.24) is 14.4 Å². The molecule has 50 heavy (non-hydrogen) atoms. The normalized spacial score (nSPS) is 13.9. The minimum absolute atomic E-state index is 0.0237. The maximum Gasteiger partial charge on any atom is 0.343 e. The molecule has 1 aromatic heterocycles. The number of nitrogens with two attached hydrogens (primary N) is 1. The van der Waals surface area contributed by atoms with Crippen LogP contribution in [0.15, 0.2) is 83.7 Å². The Morgan fingerprint density at radius 1 is 0.820 bits per heavy atom. The van der Waals surface area contributed by atoms with Crippen LogP contribution in [0.1, 0.15) is 61.5 Å². The maximum atomic E-state index is 13.2. The number of pyridine rings is 1. The van der Waals surface area contributed by atoms with Crippen molar-refractivity contribution in [3.05, 3.63) is 112 Å². The third-order valence-electron chi connectivity index (χ3n) is 7.20. The number of hydrogen-bond acceptors (Lipinski definition) is 9. The predicted octanol–water partition coefficient (Wildman–Crippen LogP) is 5.58. The van der Waals surface area contributed by atoms with Crippen molar-refractivity contribution in [1.29, 1.82) is 0 Å². The Morgan fingerprint density at radius 3 is 1.80 bits per heavy atom. The van der Waals surface area contributed by atoms with Gasteiger partial charge in [0.1, 0.15) is 22.8 Å². The van der Waals surface area contributed by atoms with E-state index in [1.807, 2.05) is 4.57 Å². The van der Waals surface area contributed by atoms with Gasteiger partial charge in [-0.25, -0.2) is 18.4 Å². The average Bonchev–Trinajstić information content (AvgIpc) is 4.02. The molecule has 0 bridgehead atoms. The summed E-state index contributed by atoms with van der Waals surface area (Å²) in [6.07, 6.45) is 10.9. The zero-order chi connectivity index (χ0) is 37.0. The second-order valence-electron chi connectivity index (χ2n) is 12.2. The molecule has 2 saturated carbocycles. The highest BCUT2D eigenvalue weighted by Crippen LogP contribution is 2.35. The molecule has 2 aliphatic rings. The number of carbonyl (C=O) groups is 3. The van der Waals surface area contributed by atoms with E-state index in [0.29, 0.717) is 28.8 Å². The predicted molar refractivity (Wildman–Crippen MR) is 189 cm³/mol. The van der Waals surface area contributed by atoms with Crippen LogP contribution in [-0.4, -0.2) is 79.5 Å². The van der Waals surface area contributed by atoms with Gasteiger partial charge in [0.25, 0.3) is 0 Å². The molecule has 10 nitrogen and oxygen atoms in total. The molecule has 2 N–H and O–H groups in total. The van der Waals surface area contributed by atoms with Crippen LogP contribution in [0.2, 0.25) is 0 Å². The first-order valence-corrected chi connectivity index (χ1v) is 16.4. The molecular weight excluding hydrogens is 646 g/mol. The highest BCUT2D eigenvalue weighted by atomic mass is 19.1. The summed E-state index contributed by atoms with van der Waals surface area (Å²) in [5.41, 5.74) is 6.55. The summed E-state index contributed by atoms with van der Waals surface area (Å²) >= 11 is 0. The molecule has 12 heteroatoms. The van der Waals surface area contributed by atoms with E-state index in [4.69, 9.17) is 15.2 Å². The number of esters is 2. The third kappa shape index (κ3) is 12.1. The number of allylic oxidation sites excluding steroid dienone is 1. The van der Waals surface area contributed by atoms with E-state index in [0.717, 1.165) is 12.8 Å². The van der Waals surface area contributed by atoms with E-state index in [-0.39, 0.29) is 41.2 Å². The summed E-state index contributed by atoms with van der Waals surface area (Å²) in [6.45, 7) is 3.75. The first-order chi connectivity index (χ1) is 23.7. The zero-order valence-electron chi connectivity index (χ0n) is 29.4. The SMILES string of the molecule is CCOC(=O)C(=CN(C)C)C(=O)C(=CN(C)C)c1ccc(F)cc1.CCOC(=O)c1cn(C2CC2)cc(-c2ccc(F)cc2)c1=O.NC1CC1. The molecule has 0 amide bonds. The van der Waals surface area contributed by atoms with Crippen LogP contribution in [0.4, 0.5) is 8.78 Å². The fraction of sp³-hybridized carbons (Fsp3) is 0.368. The highest BCUT2D eigenvalue weighted by molar-refractivity contribution is 6.37. The molecule has 0 aliphatic heterocycles. The second-order valence-corrected chi connectivity index (χ2v) is 12.2. The number of hydrogen-bond donors (Lipinski definition) is 1. The first kappa shape index (κ1) is 39.3. The Hall–Kier alpha value is -5.10. The molecule has 3 aromatic rings. The Morgan fingerprint density at radius 2 is 1.34 bits per heavy atom. The average molecular weight is 693 g/mol. The number of halogens is 2. The molecule has 2 fully saturated rings. The summed E-state index contributed by atoms with van der Waals surface area (Å²) < 4.78 is 38.1. The standard InChI is InChI=1S/C18H23FN2O3.C17H16FNO3.C3H7N/c1-6-24-18(23)16(12-21(4)5)17(22)15(11-20(2)3)13-7-9-14(19)10-8-13;1-2-22-17(21)15-10-19(13-7-8-13)9-14(16(15)20)11-3-5-12(18)6-4-11;4-3-1-2-3/h7-12H,6H2,1-5H3;3-6,9-10,13H,2,7-8H2,1H3;3H,1-2,4H2. The number of aromatic nitrogens is 1. The Balaban J connectivity index is 0.000000243. The topological polar surface area (TPSA) is 124 Å². The Bertz CT molecular complexity index is 1740. The largest absolute Gasteiger partial charge is 0.462 e. The molecule has 1 heterocycles. The minimum Gasteiger partial charge on any atom is -0.462 e. The lowest BCUT2D eigenvalue weighted by atomic mass is 9.97. The fourth-order valence-corrected chi connectivity index (χ4v) is 4.43. The van der Waals surface area contributed by atoms with E-state index >= 15 is 0 Å². The van der Waals surface area contributed by atoms with Crippen LogP contribution < -0.4 is 11.2 Å². The molecule has 2 aliphatic carbocycles. The highest BCUT2D eigenvalue weighted by Gasteiger charge is 2.27. The van der Waals surface area contributed by atoms with Crippen LogP contribution in [0, 0.1) is 11.6 Å². The molecule has 0 unspecified atom stereocenters. The van der Waals surface area contributed by atoms with Crippen LogP contribution >= 0.6 is 0 Å². The number of ketones is 1. The summed E-state index contributed by atoms with van der Waals surface area (Å²) in [7, 11) is 6.94. The molecule has 0 spiro atoms. The van der Waals surface area contributed by atoms with Gasteiger partial charge in [0.05, 0.1) is 13.2 Å². The monoisotopic (exact) mass is 692 g/mol. The lowest BCUT2D eigenvalue weighted by Gasteiger charge is -2.15. The van der Waals surface area contributed by atoms with Crippen molar-refractivity contribution in [3.8, 4) is 11.1 Å². The van der Waals surface area contributed by atoms with Crippen LogP contribution in [0.3, 0.4) is 0 Å². The van der Waals surface area contributed by atoms with Crippen molar-refractivity contribution in [3.63, 3.8) is 0 Å². The second kappa shape index (κ2) is 18.6. The van der Waals surface area contributed by atoms with Gasteiger partial charge in [-0.3, -0.25) is 9.59 Å². The van der Waals surface area contributed by atoms with Gasteiger partial charge in [0, 0.05) is 76.2 Å². The number of carbonyl (C=O) groups excluding carboxylic acids is 3. The summed E-state index contributed by atoms with van der Waals surface area (Å²) in [6, 6.07) is 12.1. The van der Waals surface area contributed by atoms with Crippen LogP contribution in [-0.2, 0) is 19.1 Å². The zero-order valence-corrected chi connectivity index (χ0v) is 29.4. The molecular formula is C38H46F2N4O6. The van der Waals surface area contributed by atoms with Crippen molar-refractivity contribution in [2.24, 2.45) is 5.73 Å². The van der Waals surface area contributed by atoms with Crippen molar-refractivity contribution >= 4 is 23.3 Å². The lowest BCUT2D eigenvalue weighted by molar-refractivity contribution is -0.139. The molecule has 0 radical (unpaired) electrons. The summed E-state index contributed by atoms with van der Waals surface area (Å²) in [4.78, 5) is 52.9. The third-order valence-corrected chi connectivity index (χ3v) is 7.20. The molecule has 0 saturated heterocycles. The van der Waals surface area contributed by atoms with Gasteiger partial charge in [0.15, 0.2) is 0 Å². The van der Waals surface area contributed by atoms with Gasteiger partial charge >= 0.3 is 11.9 Å². The van der Waals surface area contributed by atoms with Crippen molar-refractivity contribution < 1.29 is 32.6 Å². The summed E-state index contributed by atoms with van der Waals surface area (Å²) in [5, 5.41) is 0. The minimum atomic E-state index is -0.692. The quantitative estimate of drug-likeness (QED) is 0.119.